The molecule has 0 aromatic carbocycles. The highest BCUT2D eigenvalue weighted by atomic mass is 32.1. The number of hydrogen-bond acceptors (Lipinski definition) is 4. The summed E-state index contributed by atoms with van der Waals surface area (Å²) < 4.78 is 2.56. The third kappa shape index (κ3) is 2.71. The zero-order chi connectivity index (χ0) is 13.9. The van der Waals surface area contributed by atoms with Crippen molar-refractivity contribution in [2.24, 2.45) is 0 Å². The van der Waals surface area contributed by atoms with Crippen LogP contribution in [0.3, 0.4) is 0 Å². The molecule has 0 aliphatic carbocycles. The van der Waals surface area contributed by atoms with E-state index in [1.165, 1.54) is 19.8 Å². The van der Waals surface area contributed by atoms with Gasteiger partial charge in [-0.05, 0) is 55.1 Å². The zero-order valence-electron chi connectivity index (χ0n) is 11.3. The molecule has 100 valence electrons. The molecule has 2 nitrogen and oxygen atoms in total. The van der Waals surface area contributed by atoms with E-state index in [1.807, 2.05) is 24.5 Å². The van der Waals surface area contributed by atoms with Gasteiger partial charge >= 0.3 is 0 Å². The molecule has 0 N–H and O–H groups in total. The Balaban J connectivity index is 0.000000121. The Morgan fingerprint density at radius 2 is 1.70 bits per heavy atom. The van der Waals surface area contributed by atoms with E-state index < -0.39 is 0 Å². The van der Waals surface area contributed by atoms with Gasteiger partial charge in [-0.3, -0.25) is 9.97 Å². The summed E-state index contributed by atoms with van der Waals surface area (Å²) in [6, 6.07) is 10.2. The summed E-state index contributed by atoms with van der Waals surface area (Å²) in [6.07, 6.45) is 3.66. The lowest BCUT2D eigenvalue weighted by Crippen LogP contribution is -1.71. The van der Waals surface area contributed by atoms with Crippen LogP contribution in [-0.2, 0) is 0 Å². The fraction of sp³-hybridized carbons (Fsp3) is 0.125. The largest absolute Gasteiger partial charge is 0.255 e. The Hall–Kier alpha value is -1.78. The van der Waals surface area contributed by atoms with Crippen LogP contribution in [0.4, 0.5) is 0 Å². The molecular weight excluding hydrogens is 284 g/mol. The predicted octanol–water partition coefficient (Wildman–Crippen LogP) is 5.21. The summed E-state index contributed by atoms with van der Waals surface area (Å²) in [6.45, 7) is 4.19. The lowest BCUT2D eigenvalue weighted by molar-refractivity contribution is 1.39. The van der Waals surface area contributed by atoms with Gasteiger partial charge in [0, 0.05) is 17.3 Å². The van der Waals surface area contributed by atoms with E-state index >= 15 is 0 Å². The summed E-state index contributed by atoms with van der Waals surface area (Å²) in [5.74, 6) is 0. The van der Waals surface area contributed by atoms with Gasteiger partial charge in [0.15, 0.2) is 0 Å². The maximum absolute atomic E-state index is 4.25. The normalized spacial score (nSPS) is 10.5. The molecule has 4 rings (SSSR count). The first-order valence-corrected chi connectivity index (χ1v) is 8.03. The molecule has 4 aromatic heterocycles. The molecule has 0 aliphatic rings. The van der Waals surface area contributed by atoms with Gasteiger partial charge in [0.2, 0.25) is 0 Å². The average Bonchev–Trinajstić information content (AvgIpc) is 3.02. The van der Waals surface area contributed by atoms with Crippen LogP contribution in [0.2, 0.25) is 0 Å². The highest BCUT2D eigenvalue weighted by Crippen LogP contribution is 2.22. The summed E-state index contributed by atoms with van der Waals surface area (Å²) in [5.41, 5.74) is 3.54. The molecule has 0 spiro atoms. The fourth-order valence-electron chi connectivity index (χ4n) is 1.98. The predicted molar refractivity (Wildman–Crippen MR) is 88.7 cm³/mol. The van der Waals surface area contributed by atoms with Gasteiger partial charge in [-0.15, -0.1) is 22.7 Å². The molecule has 0 saturated carbocycles. The molecule has 0 fully saturated rings. The Morgan fingerprint density at radius 3 is 2.45 bits per heavy atom. The molecule has 0 bridgehead atoms. The topological polar surface area (TPSA) is 25.8 Å². The van der Waals surface area contributed by atoms with E-state index in [0.717, 1.165) is 11.0 Å². The molecule has 0 saturated heterocycles. The SMILES string of the molecule is Cc1cc2ncccc2s1.Cc1csc2cccnc12. The standard InChI is InChI=1S/2C8H7NS/c1-6-5-7-8(10-6)3-2-4-9-7;1-6-5-10-7-3-2-4-9-8(6)7/h2*2-5H,1H3. The average molecular weight is 298 g/mol. The van der Waals surface area contributed by atoms with E-state index in [1.54, 1.807) is 22.7 Å². The molecule has 20 heavy (non-hydrogen) atoms. The fourth-order valence-corrected chi connectivity index (χ4v) is 3.76. The van der Waals surface area contributed by atoms with E-state index in [-0.39, 0.29) is 0 Å². The highest BCUT2D eigenvalue weighted by molar-refractivity contribution is 7.18. The molecular formula is C16H14N2S2. The smallest absolute Gasteiger partial charge is 0.0838 e. The minimum absolute atomic E-state index is 1.12. The lowest BCUT2D eigenvalue weighted by Gasteiger charge is -1.86. The summed E-state index contributed by atoms with van der Waals surface area (Å²) in [5, 5.41) is 2.14. The van der Waals surface area contributed by atoms with Gasteiger partial charge in [-0.1, -0.05) is 0 Å². The Morgan fingerprint density at radius 1 is 0.950 bits per heavy atom. The van der Waals surface area contributed by atoms with Crippen LogP contribution >= 0.6 is 22.7 Å². The third-order valence-electron chi connectivity index (χ3n) is 2.92. The summed E-state index contributed by atoms with van der Waals surface area (Å²) in [7, 11) is 0. The molecule has 0 unspecified atom stereocenters. The second-order valence-electron chi connectivity index (χ2n) is 4.51. The van der Waals surface area contributed by atoms with Crippen molar-refractivity contribution in [1.82, 2.24) is 9.97 Å². The highest BCUT2D eigenvalue weighted by Gasteiger charge is 1.97. The van der Waals surface area contributed by atoms with Crippen molar-refractivity contribution in [2.75, 3.05) is 0 Å². The monoisotopic (exact) mass is 298 g/mol. The van der Waals surface area contributed by atoms with Crippen molar-refractivity contribution in [2.45, 2.75) is 13.8 Å². The van der Waals surface area contributed by atoms with E-state index in [2.05, 4.69) is 47.4 Å². The van der Waals surface area contributed by atoms with Crippen molar-refractivity contribution < 1.29 is 0 Å². The van der Waals surface area contributed by atoms with Gasteiger partial charge in [-0.25, -0.2) is 0 Å². The number of pyridine rings is 2. The van der Waals surface area contributed by atoms with Crippen LogP contribution in [0.5, 0.6) is 0 Å². The lowest BCUT2D eigenvalue weighted by atomic mass is 10.3. The Kier molecular flexibility index (Phi) is 3.76. The number of hydrogen-bond donors (Lipinski definition) is 0. The number of nitrogens with zero attached hydrogens (tertiary/aromatic N) is 2. The summed E-state index contributed by atoms with van der Waals surface area (Å²) >= 11 is 3.54. The van der Waals surface area contributed by atoms with Gasteiger partial charge in [0.1, 0.15) is 0 Å². The van der Waals surface area contributed by atoms with Crippen molar-refractivity contribution in [3.05, 3.63) is 58.5 Å². The van der Waals surface area contributed by atoms with Crippen LogP contribution < -0.4 is 0 Å². The number of fused-ring (bicyclic) bond motifs is 2. The first-order chi connectivity index (χ1) is 9.74. The Bertz CT molecular complexity index is 804. The summed E-state index contributed by atoms with van der Waals surface area (Å²) in [4.78, 5) is 9.79. The minimum atomic E-state index is 1.12. The number of aryl methyl sites for hydroxylation is 2. The minimum Gasteiger partial charge on any atom is -0.255 e. The first kappa shape index (κ1) is 13.2. The molecule has 0 atom stereocenters. The van der Waals surface area contributed by atoms with Crippen molar-refractivity contribution in [3.63, 3.8) is 0 Å². The van der Waals surface area contributed by atoms with Crippen LogP contribution in [-0.4, -0.2) is 9.97 Å². The van der Waals surface area contributed by atoms with Gasteiger partial charge in [0.05, 0.1) is 20.4 Å². The first-order valence-electron chi connectivity index (χ1n) is 6.34. The van der Waals surface area contributed by atoms with Gasteiger partial charge < -0.3 is 0 Å². The third-order valence-corrected chi connectivity index (χ3v) is 4.98. The number of thiophene rings is 2. The van der Waals surface area contributed by atoms with Crippen molar-refractivity contribution in [1.29, 1.82) is 0 Å². The molecule has 0 amide bonds. The second kappa shape index (κ2) is 5.69. The van der Waals surface area contributed by atoms with E-state index in [9.17, 15) is 0 Å². The van der Waals surface area contributed by atoms with E-state index in [4.69, 9.17) is 0 Å². The van der Waals surface area contributed by atoms with E-state index in [0.29, 0.717) is 0 Å². The molecule has 4 heterocycles. The quantitative estimate of drug-likeness (QED) is 0.445. The van der Waals surface area contributed by atoms with Gasteiger partial charge in [-0.2, -0.15) is 0 Å². The van der Waals surface area contributed by atoms with Crippen LogP contribution in [0, 0.1) is 13.8 Å². The zero-order valence-corrected chi connectivity index (χ0v) is 13.0. The van der Waals surface area contributed by atoms with Crippen LogP contribution in [0.1, 0.15) is 10.4 Å². The molecule has 0 radical (unpaired) electrons. The Labute approximate surface area is 125 Å². The second-order valence-corrected chi connectivity index (χ2v) is 6.71. The van der Waals surface area contributed by atoms with Gasteiger partial charge in [0.25, 0.3) is 0 Å². The van der Waals surface area contributed by atoms with Crippen molar-refractivity contribution >= 4 is 43.1 Å². The maximum Gasteiger partial charge on any atom is 0.0838 e. The van der Waals surface area contributed by atoms with Crippen LogP contribution in [0.25, 0.3) is 20.4 Å². The van der Waals surface area contributed by atoms with Crippen molar-refractivity contribution in [3.8, 4) is 0 Å². The number of rotatable bonds is 0. The molecule has 4 aromatic rings. The maximum atomic E-state index is 4.25. The number of aromatic nitrogens is 2. The molecule has 0 aliphatic heterocycles. The van der Waals surface area contributed by atoms with Crippen LogP contribution in [0.15, 0.2) is 48.1 Å². The molecule has 4 heteroatoms.